The summed E-state index contributed by atoms with van der Waals surface area (Å²) in [6, 6.07) is 7.67. The van der Waals surface area contributed by atoms with Gasteiger partial charge in [-0.15, -0.1) is 0 Å². The molecule has 0 aromatic heterocycles. The van der Waals surface area contributed by atoms with Crippen LogP contribution in [0.15, 0.2) is 24.3 Å². The Morgan fingerprint density at radius 3 is 2.24 bits per heavy atom. The molecule has 2 amide bonds. The number of nitrogens with zero attached hydrogens (tertiary/aromatic N) is 2. The van der Waals surface area contributed by atoms with Crippen molar-refractivity contribution in [2.75, 3.05) is 26.7 Å². The third kappa shape index (κ3) is 5.76. The standard InChI is InChI=1S/C20H30N2O3/c1-15-6-8-17(9-7-15)18(23)21(5)14-16-10-12-22(13-11-16)19(24)25-20(2,3)4/h6-9,16H,10-14H2,1-5H3. The number of carbonyl (C=O) groups is 2. The van der Waals surface area contributed by atoms with Crippen LogP contribution in [0.4, 0.5) is 4.79 Å². The molecule has 1 aromatic carbocycles. The summed E-state index contributed by atoms with van der Waals surface area (Å²) >= 11 is 0. The Hall–Kier alpha value is -2.04. The van der Waals surface area contributed by atoms with E-state index >= 15 is 0 Å². The summed E-state index contributed by atoms with van der Waals surface area (Å²) < 4.78 is 5.42. The highest BCUT2D eigenvalue weighted by Gasteiger charge is 2.28. The summed E-state index contributed by atoms with van der Waals surface area (Å²) in [6.07, 6.45) is 1.55. The van der Waals surface area contributed by atoms with E-state index in [0.29, 0.717) is 19.0 Å². The van der Waals surface area contributed by atoms with Crippen molar-refractivity contribution in [3.8, 4) is 0 Å². The van der Waals surface area contributed by atoms with Gasteiger partial charge in [0.15, 0.2) is 0 Å². The number of carbonyl (C=O) groups excluding carboxylic acids is 2. The van der Waals surface area contributed by atoms with Gasteiger partial charge < -0.3 is 14.5 Å². The predicted molar refractivity (Wildman–Crippen MR) is 98.7 cm³/mol. The zero-order valence-electron chi connectivity index (χ0n) is 16.0. The van der Waals surface area contributed by atoms with Gasteiger partial charge in [0.05, 0.1) is 0 Å². The predicted octanol–water partition coefficient (Wildman–Crippen LogP) is 3.71. The van der Waals surface area contributed by atoms with Gasteiger partial charge in [-0.25, -0.2) is 4.79 Å². The second-order valence-corrected chi connectivity index (χ2v) is 7.96. The molecule has 0 N–H and O–H groups in total. The van der Waals surface area contributed by atoms with Gasteiger partial charge in [-0.1, -0.05) is 17.7 Å². The van der Waals surface area contributed by atoms with Crippen LogP contribution in [0.2, 0.25) is 0 Å². The Kier molecular flexibility index (Phi) is 6.09. The Morgan fingerprint density at radius 1 is 1.16 bits per heavy atom. The van der Waals surface area contributed by atoms with E-state index in [2.05, 4.69) is 0 Å². The highest BCUT2D eigenvalue weighted by molar-refractivity contribution is 5.94. The molecule has 138 valence electrons. The summed E-state index contributed by atoms with van der Waals surface area (Å²) in [5.74, 6) is 0.465. The third-order valence-electron chi connectivity index (χ3n) is 4.44. The largest absolute Gasteiger partial charge is 0.444 e. The lowest BCUT2D eigenvalue weighted by atomic mass is 9.96. The molecule has 1 saturated heterocycles. The molecule has 1 aliphatic rings. The molecule has 5 nitrogen and oxygen atoms in total. The maximum Gasteiger partial charge on any atom is 0.410 e. The number of piperidine rings is 1. The Labute approximate surface area is 150 Å². The van der Waals surface area contributed by atoms with Crippen LogP contribution in [0.3, 0.4) is 0 Å². The van der Waals surface area contributed by atoms with Crippen LogP contribution < -0.4 is 0 Å². The maximum atomic E-state index is 12.5. The van der Waals surface area contributed by atoms with Crippen LogP contribution in [0.1, 0.15) is 49.5 Å². The van der Waals surface area contributed by atoms with Gasteiger partial charge in [0.25, 0.3) is 5.91 Å². The van der Waals surface area contributed by atoms with Crippen molar-refractivity contribution in [1.82, 2.24) is 9.80 Å². The van der Waals surface area contributed by atoms with Gasteiger partial charge in [-0.3, -0.25) is 4.79 Å². The van der Waals surface area contributed by atoms with Crippen LogP contribution in [-0.4, -0.2) is 54.1 Å². The van der Waals surface area contributed by atoms with E-state index in [-0.39, 0.29) is 12.0 Å². The molecular formula is C20H30N2O3. The lowest BCUT2D eigenvalue weighted by Crippen LogP contribution is -2.44. The number of ether oxygens (including phenoxy) is 1. The van der Waals surface area contributed by atoms with Crippen molar-refractivity contribution in [2.24, 2.45) is 5.92 Å². The zero-order valence-corrected chi connectivity index (χ0v) is 16.0. The number of hydrogen-bond acceptors (Lipinski definition) is 3. The van der Waals surface area contributed by atoms with Gasteiger partial charge in [-0.2, -0.15) is 0 Å². The van der Waals surface area contributed by atoms with Gasteiger partial charge in [-0.05, 0) is 58.6 Å². The van der Waals surface area contributed by atoms with Crippen molar-refractivity contribution >= 4 is 12.0 Å². The normalized spacial score (nSPS) is 15.8. The fraction of sp³-hybridized carbons (Fsp3) is 0.600. The first-order valence-corrected chi connectivity index (χ1v) is 8.96. The third-order valence-corrected chi connectivity index (χ3v) is 4.44. The van der Waals surface area contributed by atoms with Gasteiger partial charge in [0, 0.05) is 32.2 Å². The quantitative estimate of drug-likeness (QED) is 0.838. The molecule has 0 aliphatic carbocycles. The summed E-state index contributed by atoms with van der Waals surface area (Å²) in [6.45, 7) is 9.74. The van der Waals surface area contributed by atoms with Crippen molar-refractivity contribution < 1.29 is 14.3 Å². The maximum absolute atomic E-state index is 12.5. The van der Waals surface area contributed by atoms with E-state index in [1.165, 1.54) is 0 Å². The van der Waals surface area contributed by atoms with Crippen molar-refractivity contribution in [3.63, 3.8) is 0 Å². The fourth-order valence-electron chi connectivity index (χ4n) is 3.01. The Balaban J connectivity index is 1.82. The smallest absolute Gasteiger partial charge is 0.410 e. The van der Waals surface area contributed by atoms with Crippen molar-refractivity contribution in [2.45, 2.75) is 46.1 Å². The lowest BCUT2D eigenvalue weighted by molar-refractivity contribution is 0.0171. The van der Waals surface area contributed by atoms with Gasteiger partial charge in [0.2, 0.25) is 0 Å². The molecule has 2 rings (SSSR count). The first-order valence-electron chi connectivity index (χ1n) is 8.96. The average molecular weight is 346 g/mol. The van der Waals surface area contributed by atoms with Crippen LogP contribution in [0, 0.1) is 12.8 Å². The molecule has 1 fully saturated rings. The molecule has 1 aliphatic heterocycles. The van der Waals surface area contributed by atoms with Crippen LogP contribution in [0.5, 0.6) is 0 Å². The Bertz CT molecular complexity index is 596. The lowest BCUT2D eigenvalue weighted by Gasteiger charge is -2.34. The summed E-state index contributed by atoms with van der Waals surface area (Å²) in [5, 5.41) is 0. The average Bonchev–Trinajstić information content (AvgIpc) is 2.54. The number of rotatable bonds is 3. The van der Waals surface area contributed by atoms with E-state index in [1.54, 1.807) is 9.80 Å². The SMILES string of the molecule is Cc1ccc(C(=O)N(C)CC2CCN(C(=O)OC(C)(C)C)CC2)cc1. The summed E-state index contributed by atoms with van der Waals surface area (Å²) in [4.78, 5) is 28.2. The van der Waals surface area contributed by atoms with Crippen LogP contribution >= 0.6 is 0 Å². The van der Waals surface area contributed by atoms with Crippen molar-refractivity contribution in [3.05, 3.63) is 35.4 Å². The van der Waals surface area contributed by atoms with E-state index in [1.807, 2.05) is 59.0 Å². The molecule has 0 saturated carbocycles. The molecular weight excluding hydrogens is 316 g/mol. The van der Waals surface area contributed by atoms with E-state index in [4.69, 9.17) is 4.74 Å². The summed E-state index contributed by atoms with van der Waals surface area (Å²) in [5.41, 5.74) is 1.40. The molecule has 1 heterocycles. The highest BCUT2D eigenvalue weighted by Crippen LogP contribution is 2.21. The molecule has 0 bridgehead atoms. The molecule has 25 heavy (non-hydrogen) atoms. The topological polar surface area (TPSA) is 49.9 Å². The second-order valence-electron chi connectivity index (χ2n) is 7.96. The minimum atomic E-state index is -0.464. The molecule has 0 atom stereocenters. The first kappa shape index (κ1) is 19.3. The van der Waals surface area contributed by atoms with E-state index < -0.39 is 5.60 Å². The minimum absolute atomic E-state index is 0.0505. The van der Waals surface area contributed by atoms with Crippen LogP contribution in [0.25, 0.3) is 0 Å². The Morgan fingerprint density at radius 2 is 1.72 bits per heavy atom. The highest BCUT2D eigenvalue weighted by atomic mass is 16.6. The molecule has 0 unspecified atom stereocenters. The zero-order chi connectivity index (χ0) is 18.6. The van der Waals surface area contributed by atoms with Gasteiger partial charge in [0.1, 0.15) is 5.60 Å². The molecule has 0 radical (unpaired) electrons. The number of amides is 2. The molecule has 1 aromatic rings. The first-order chi connectivity index (χ1) is 11.7. The minimum Gasteiger partial charge on any atom is -0.444 e. The fourth-order valence-corrected chi connectivity index (χ4v) is 3.01. The molecule has 5 heteroatoms. The van der Waals surface area contributed by atoms with Crippen LogP contribution in [-0.2, 0) is 4.74 Å². The second kappa shape index (κ2) is 7.89. The number of hydrogen-bond donors (Lipinski definition) is 0. The summed E-state index contributed by atoms with van der Waals surface area (Å²) in [7, 11) is 1.85. The van der Waals surface area contributed by atoms with Crippen molar-refractivity contribution in [1.29, 1.82) is 0 Å². The van der Waals surface area contributed by atoms with E-state index in [9.17, 15) is 9.59 Å². The number of likely N-dealkylation sites (tertiary alicyclic amines) is 1. The number of aryl methyl sites for hydroxylation is 1. The molecule has 0 spiro atoms. The number of benzene rings is 1. The van der Waals surface area contributed by atoms with E-state index in [0.717, 1.165) is 30.5 Å². The monoisotopic (exact) mass is 346 g/mol. The van der Waals surface area contributed by atoms with Gasteiger partial charge >= 0.3 is 6.09 Å².